The molecule has 0 aliphatic carbocycles. The molecule has 2 aromatic heterocycles. The topological polar surface area (TPSA) is 101 Å². The van der Waals surface area contributed by atoms with Crippen LogP contribution in [0.25, 0.3) is 22.8 Å². The number of benzene rings is 2. The van der Waals surface area contributed by atoms with Gasteiger partial charge >= 0.3 is 0 Å². The van der Waals surface area contributed by atoms with Gasteiger partial charge in [0.05, 0.1) is 6.54 Å². The number of aromatic nitrogens is 4. The Morgan fingerprint density at radius 1 is 0.971 bits per heavy atom. The molecule has 2 aromatic carbocycles. The molecule has 0 spiro atoms. The standard InChI is InChI=1S/C25H25ClN6O3/c1-16(2)23-28-22(30-34-23)17-6-8-18(9-7-17)25(33)32-12-10-31(11-13-32)15-21-27-24(35-29-21)19-4-3-5-20(26)14-19/h3-9,14,16H,10-13,15H2,1-2H3. The van der Waals surface area contributed by atoms with Crippen LogP contribution in [0.4, 0.5) is 0 Å². The van der Waals surface area contributed by atoms with E-state index in [2.05, 4.69) is 25.2 Å². The highest BCUT2D eigenvalue weighted by molar-refractivity contribution is 6.30. The summed E-state index contributed by atoms with van der Waals surface area (Å²) >= 11 is 6.05. The Hall–Kier alpha value is -3.56. The van der Waals surface area contributed by atoms with Crippen molar-refractivity contribution < 1.29 is 13.8 Å². The maximum Gasteiger partial charge on any atom is 0.258 e. The number of piperazine rings is 1. The van der Waals surface area contributed by atoms with Crippen molar-refractivity contribution in [2.45, 2.75) is 26.3 Å². The zero-order valence-corrected chi connectivity index (χ0v) is 20.3. The van der Waals surface area contributed by atoms with E-state index in [0.717, 1.165) is 24.2 Å². The molecule has 4 aromatic rings. The molecule has 0 N–H and O–H groups in total. The third-order valence-corrected chi connectivity index (χ3v) is 6.12. The van der Waals surface area contributed by atoms with Crippen molar-refractivity contribution in [3.05, 3.63) is 70.8 Å². The summed E-state index contributed by atoms with van der Waals surface area (Å²) in [6, 6.07) is 14.6. The van der Waals surface area contributed by atoms with Gasteiger partial charge in [0, 0.05) is 53.8 Å². The molecule has 0 radical (unpaired) electrons. The van der Waals surface area contributed by atoms with Gasteiger partial charge < -0.3 is 13.9 Å². The number of nitrogens with zero attached hydrogens (tertiary/aromatic N) is 6. The van der Waals surface area contributed by atoms with E-state index in [1.165, 1.54) is 0 Å². The number of halogens is 1. The monoisotopic (exact) mass is 492 g/mol. The minimum absolute atomic E-state index is 0.00925. The van der Waals surface area contributed by atoms with Gasteiger partial charge in [0.1, 0.15) is 0 Å². The SMILES string of the molecule is CC(C)c1nc(-c2ccc(C(=O)N3CCN(Cc4noc(-c5cccc(Cl)c5)n4)CC3)cc2)no1. The summed E-state index contributed by atoms with van der Waals surface area (Å²) in [5.41, 5.74) is 2.25. The normalized spacial score (nSPS) is 14.6. The molecule has 0 saturated carbocycles. The molecular weight excluding hydrogens is 468 g/mol. The summed E-state index contributed by atoms with van der Waals surface area (Å²) in [4.78, 5) is 26.0. The Labute approximate surface area is 207 Å². The Bertz CT molecular complexity index is 1310. The van der Waals surface area contributed by atoms with Crippen LogP contribution < -0.4 is 0 Å². The minimum atomic E-state index is 0.00925. The van der Waals surface area contributed by atoms with Gasteiger partial charge in [-0.3, -0.25) is 9.69 Å². The molecule has 1 aliphatic heterocycles. The van der Waals surface area contributed by atoms with Gasteiger partial charge in [0.2, 0.25) is 11.7 Å². The fourth-order valence-corrected chi connectivity index (χ4v) is 4.09. The van der Waals surface area contributed by atoms with Crippen molar-refractivity contribution in [1.82, 2.24) is 30.1 Å². The first kappa shape index (κ1) is 23.2. The highest BCUT2D eigenvalue weighted by Gasteiger charge is 2.24. The first-order valence-corrected chi connectivity index (χ1v) is 11.9. The van der Waals surface area contributed by atoms with Gasteiger partial charge in [-0.15, -0.1) is 0 Å². The fraction of sp³-hybridized carbons (Fsp3) is 0.320. The Morgan fingerprint density at radius 2 is 1.74 bits per heavy atom. The second-order valence-corrected chi connectivity index (χ2v) is 9.22. The molecule has 9 nitrogen and oxygen atoms in total. The third-order valence-electron chi connectivity index (χ3n) is 5.89. The summed E-state index contributed by atoms with van der Waals surface area (Å²) in [7, 11) is 0. The lowest BCUT2D eigenvalue weighted by molar-refractivity contribution is 0.0624. The van der Waals surface area contributed by atoms with E-state index < -0.39 is 0 Å². The fourth-order valence-electron chi connectivity index (χ4n) is 3.90. The number of carbonyl (C=O) groups is 1. The molecule has 180 valence electrons. The average molecular weight is 493 g/mol. The Kier molecular flexibility index (Phi) is 6.61. The van der Waals surface area contributed by atoms with Crippen molar-refractivity contribution in [2.75, 3.05) is 26.2 Å². The Balaban J connectivity index is 1.16. The first-order chi connectivity index (χ1) is 17.0. The average Bonchev–Trinajstić information content (AvgIpc) is 3.55. The van der Waals surface area contributed by atoms with E-state index in [-0.39, 0.29) is 11.8 Å². The van der Waals surface area contributed by atoms with Gasteiger partial charge in [-0.25, -0.2) is 0 Å². The zero-order chi connectivity index (χ0) is 24.4. The lowest BCUT2D eigenvalue weighted by atomic mass is 10.1. The van der Waals surface area contributed by atoms with Crippen molar-refractivity contribution in [2.24, 2.45) is 0 Å². The molecule has 1 saturated heterocycles. The van der Waals surface area contributed by atoms with Crippen LogP contribution in [-0.2, 0) is 6.54 Å². The number of carbonyl (C=O) groups excluding carboxylic acids is 1. The molecule has 1 fully saturated rings. The van der Waals surface area contributed by atoms with Gasteiger partial charge in [-0.2, -0.15) is 9.97 Å². The lowest BCUT2D eigenvalue weighted by Gasteiger charge is -2.34. The second-order valence-electron chi connectivity index (χ2n) is 8.78. The van der Waals surface area contributed by atoms with Crippen molar-refractivity contribution >= 4 is 17.5 Å². The van der Waals surface area contributed by atoms with E-state index in [9.17, 15) is 4.79 Å². The molecule has 5 rings (SSSR count). The summed E-state index contributed by atoms with van der Waals surface area (Å²) < 4.78 is 10.7. The maximum absolute atomic E-state index is 13.0. The number of hydrogen-bond acceptors (Lipinski definition) is 8. The largest absolute Gasteiger partial charge is 0.339 e. The van der Waals surface area contributed by atoms with Crippen LogP contribution in [0.15, 0.2) is 57.6 Å². The minimum Gasteiger partial charge on any atom is -0.339 e. The van der Waals surface area contributed by atoms with E-state index in [4.69, 9.17) is 20.6 Å². The second kappa shape index (κ2) is 9.97. The molecule has 0 unspecified atom stereocenters. The zero-order valence-electron chi connectivity index (χ0n) is 19.5. The molecular formula is C25H25ClN6O3. The first-order valence-electron chi connectivity index (χ1n) is 11.5. The van der Waals surface area contributed by atoms with Crippen LogP contribution in [0.1, 0.15) is 41.8 Å². The van der Waals surface area contributed by atoms with Gasteiger partial charge in [0.15, 0.2) is 5.82 Å². The molecule has 1 aliphatic rings. The third kappa shape index (κ3) is 5.26. The highest BCUT2D eigenvalue weighted by atomic mass is 35.5. The van der Waals surface area contributed by atoms with E-state index in [0.29, 0.717) is 53.7 Å². The smallest absolute Gasteiger partial charge is 0.258 e. The van der Waals surface area contributed by atoms with Crippen molar-refractivity contribution in [1.29, 1.82) is 0 Å². The van der Waals surface area contributed by atoms with Crippen molar-refractivity contribution in [3.63, 3.8) is 0 Å². The number of amides is 1. The van der Waals surface area contributed by atoms with E-state index in [1.807, 2.05) is 55.1 Å². The predicted octanol–water partition coefficient (Wildman–Crippen LogP) is 4.52. The molecule has 1 amide bonds. The van der Waals surface area contributed by atoms with Gasteiger partial charge in [0.25, 0.3) is 11.8 Å². The molecule has 0 atom stereocenters. The van der Waals surface area contributed by atoms with Gasteiger partial charge in [-0.1, -0.05) is 54.0 Å². The van der Waals surface area contributed by atoms with Crippen LogP contribution in [-0.4, -0.2) is 62.2 Å². The van der Waals surface area contributed by atoms with E-state index in [1.54, 1.807) is 12.1 Å². The predicted molar refractivity (Wildman–Crippen MR) is 130 cm³/mol. The van der Waals surface area contributed by atoms with Crippen LogP contribution >= 0.6 is 11.6 Å². The molecule has 35 heavy (non-hydrogen) atoms. The van der Waals surface area contributed by atoms with Crippen LogP contribution in [0.5, 0.6) is 0 Å². The number of hydrogen-bond donors (Lipinski definition) is 0. The molecule has 0 bridgehead atoms. The molecule has 3 heterocycles. The summed E-state index contributed by atoms with van der Waals surface area (Å²) in [5, 5.41) is 8.74. The molecule has 10 heteroatoms. The lowest BCUT2D eigenvalue weighted by Crippen LogP contribution is -2.48. The summed E-state index contributed by atoms with van der Waals surface area (Å²) in [6.07, 6.45) is 0. The quantitative estimate of drug-likeness (QED) is 0.387. The Morgan fingerprint density at radius 3 is 2.43 bits per heavy atom. The number of rotatable bonds is 6. The highest BCUT2D eigenvalue weighted by Crippen LogP contribution is 2.22. The summed E-state index contributed by atoms with van der Waals surface area (Å²) in [6.45, 7) is 7.27. The van der Waals surface area contributed by atoms with Crippen LogP contribution in [0.2, 0.25) is 5.02 Å². The van der Waals surface area contributed by atoms with Crippen LogP contribution in [0.3, 0.4) is 0 Å². The van der Waals surface area contributed by atoms with Gasteiger partial charge in [-0.05, 0) is 30.3 Å². The summed E-state index contributed by atoms with van der Waals surface area (Å²) in [5.74, 6) is 2.36. The van der Waals surface area contributed by atoms with Crippen molar-refractivity contribution in [3.8, 4) is 22.8 Å². The van der Waals surface area contributed by atoms with E-state index >= 15 is 0 Å². The van der Waals surface area contributed by atoms with Crippen LogP contribution in [0, 0.1) is 0 Å². The maximum atomic E-state index is 13.0.